The number of unbranched alkanes of at least 4 members (excludes halogenated alkanes) is 8. The Morgan fingerprint density at radius 3 is 2.17 bits per heavy atom. The van der Waals surface area contributed by atoms with Gasteiger partial charge in [0.05, 0.1) is 17.9 Å². The molecular formula is C38H60O8. The lowest BCUT2D eigenvalue weighted by atomic mass is 9.59. The van der Waals surface area contributed by atoms with Crippen LogP contribution in [0.3, 0.4) is 0 Å². The Kier molecular flexibility index (Phi) is 11.1. The van der Waals surface area contributed by atoms with E-state index in [2.05, 4.69) is 6.92 Å². The van der Waals surface area contributed by atoms with Gasteiger partial charge in [0.25, 0.3) is 0 Å². The van der Waals surface area contributed by atoms with Crippen molar-refractivity contribution in [1.82, 2.24) is 0 Å². The molecule has 1 spiro atoms. The summed E-state index contributed by atoms with van der Waals surface area (Å²) in [5.41, 5.74) is -4.77. The number of fused-ring (bicyclic) bond motifs is 3. The lowest BCUT2D eigenvalue weighted by molar-refractivity contribution is -0.206. The maximum Gasteiger partial charge on any atom is 0.309 e. The van der Waals surface area contributed by atoms with Crippen LogP contribution in [0.5, 0.6) is 0 Å². The number of ether oxygens (including phenoxy) is 2. The van der Waals surface area contributed by atoms with Gasteiger partial charge in [0.1, 0.15) is 11.7 Å². The van der Waals surface area contributed by atoms with Gasteiger partial charge in [-0.3, -0.25) is 14.4 Å². The second-order valence-electron chi connectivity index (χ2n) is 15.9. The minimum Gasteiger partial charge on any atom is -0.458 e. The monoisotopic (exact) mass is 644 g/mol. The summed E-state index contributed by atoms with van der Waals surface area (Å²) >= 11 is 0. The van der Waals surface area contributed by atoms with Crippen LogP contribution in [0, 0.1) is 40.4 Å². The van der Waals surface area contributed by atoms with Gasteiger partial charge in [0.15, 0.2) is 17.5 Å². The molecule has 0 aromatic carbocycles. The highest BCUT2D eigenvalue weighted by atomic mass is 16.6. The summed E-state index contributed by atoms with van der Waals surface area (Å²) in [4.78, 5) is 41.5. The predicted octanol–water partition coefficient (Wildman–Crippen LogP) is 6.24. The van der Waals surface area contributed by atoms with Gasteiger partial charge in [-0.05, 0) is 42.7 Å². The summed E-state index contributed by atoms with van der Waals surface area (Å²) in [5.74, 6) is -3.39. The van der Waals surface area contributed by atoms with Crippen LogP contribution in [0.4, 0.5) is 0 Å². The van der Waals surface area contributed by atoms with Gasteiger partial charge in [0.2, 0.25) is 0 Å². The molecule has 46 heavy (non-hydrogen) atoms. The van der Waals surface area contributed by atoms with Gasteiger partial charge in [0, 0.05) is 23.7 Å². The number of rotatable bonds is 15. The van der Waals surface area contributed by atoms with E-state index in [1.54, 1.807) is 26.0 Å². The van der Waals surface area contributed by atoms with Crippen molar-refractivity contribution in [3.05, 3.63) is 23.3 Å². The van der Waals surface area contributed by atoms with Gasteiger partial charge in [-0.2, -0.15) is 0 Å². The predicted molar refractivity (Wildman–Crippen MR) is 176 cm³/mol. The molecule has 2 fully saturated rings. The average molecular weight is 645 g/mol. The largest absolute Gasteiger partial charge is 0.458 e. The number of carbonyl (C=O) groups is 3. The molecule has 0 radical (unpaired) electrons. The smallest absolute Gasteiger partial charge is 0.309 e. The number of aliphatic hydroxyl groups is 3. The maximum atomic E-state index is 14.9. The third-order valence-electron chi connectivity index (χ3n) is 12.4. The van der Waals surface area contributed by atoms with Gasteiger partial charge in [-0.15, -0.1) is 0 Å². The minimum atomic E-state index is -2.24. The fourth-order valence-corrected chi connectivity index (χ4v) is 9.22. The van der Waals surface area contributed by atoms with Gasteiger partial charge < -0.3 is 24.8 Å². The Labute approximate surface area is 276 Å². The van der Waals surface area contributed by atoms with E-state index in [1.807, 2.05) is 34.6 Å². The highest BCUT2D eigenvalue weighted by molar-refractivity contribution is 5.96. The number of allylic oxidation sites excluding steroid dienone is 1. The first kappa shape index (κ1) is 36.8. The van der Waals surface area contributed by atoms with E-state index in [1.165, 1.54) is 38.5 Å². The molecule has 0 aromatic heterocycles. The number of hydrogen-bond donors (Lipinski definition) is 3. The number of Topliss-reactive ketones (excluding diaryl/α,β-unsaturated/α-hetero) is 1. The Balaban J connectivity index is 1.60. The van der Waals surface area contributed by atoms with Crippen molar-refractivity contribution in [2.45, 2.75) is 149 Å². The number of esters is 2. The highest BCUT2D eigenvalue weighted by Gasteiger charge is 2.83. The summed E-state index contributed by atoms with van der Waals surface area (Å²) in [6.07, 6.45) is 11.3. The van der Waals surface area contributed by atoms with E-state index in [4.69, 9.17) is 9.47 Å². The summed E-state index contributed by atoms with van der Waals surface area (Å²) in [7, 11) is 0. The standard InChI is InChI=1S/C38H60O8/c1-9-10-11-12-13-14-15-16-17-18-29(40)46-37-21-25(5)36-20-24(4)33(45-34(43)26(6)23(2)3)38(36,44)31(41)27(22-39)19-28(32(36)42)30(37)35(37,7)8/h19-20,23,25-26,28,30-31,33,39,41,44H,9-18,21-22H2,1-8H3/t25-,26+,28-,30-,31-,33+,36+,37+,38+/m1/s1. The molecule has 0 aliphatic heterocycles. The molecule has 4 aliphatic rings. The first-order chi connectivity index (χ1) is 21.6. The lowest BCUT2D eigenvalue weighted by Gasteiger charge is -2.49. The van der Waals surface area contributed by atoms with Crippen molar-refractivity contribution in [2.75, 3.05) is 6.61 Å². The highest BCUT2D eigenvalue weighted by Crippen LogP contribution is 2.75. The fourth-order valence-electron chi connectivity index (χ4n) is 9.22. The van der Waals surface area contributed by atoms with Crippen LogP contribution in [0.25, 0.3) is 0 Å². The van der Waals surface area contributed by atoms with Crippen molar-refractivity contribution in [1.29, 1.82) is 0 Å². The summed E-state index contributed by atoms with van der Waals surface area (Å²) in [6.45, 7) is 14.8. The van der Waals surface area contributed by atoms with E-state index in [0.29, 0.717) is 18.4 Å². The summed E-state index contributed by atoms with van der Waals surface area (Å²) < 4.78 is 12.4. The van der Waals surface area contributed by atoms with Gasteiger partial charge in [-0.25, -0.2) is 0 Å². The number of ketones is 1. The third kappa shape index (κ3) is 5.83. The Bertz CT molecular complexity index is 1220. The van der Waals surface area contributed by atoms with E-state index < -0.39 is 70.5 Å². The second kappa shape index (κ2) is 13.8. The Morgan fingerprint density at radius 1 is 1.02 bits per heavy atom. The second-order valence-corrected chi connectivity index (χ2v) is 15.9. The van der Waals surface area contributed by atoms with Crippen LogP contribution in [-0.2, 0) is 23.9 Å². The number of aliphatic hydroxyl groups excluding tert-OH is 2. The van der Waals surface area contributed by atoms with E-state index in [0.717, 1.165) is 19.3 Å². The Morgan fingerprint density at radius 2 is 1.61 bits per heavy atom. The van der Waals surface area contributed by atoms with Crippen LogP contribution < -0.4 is 0 Å². The molecule has 0 saturated heterocycles. The molecule has 3 N–H and O–H groups in total. The lowest BCUT2D eigenvalue weighted by Crippen LogP contribution is -2.66. The molecule has 8 nitrogen and oxygen atoms in total. The van der Waals surface area contributed by atoms with Crippen LogP contribution >= 0.6 is 0 Å². The topological polar surface area (TPSA) is 130 Å². The van der Waals surface area contributed by atoms with Crippen LogP contribution in [0.2, 0.25) is 0 Å². The first-order valence-electron chi connectivity index (χ1n) is 18.0. The van der Waals surface area contributed by atoms with E-state index >= 15 is 0 Å². The average Bonchev–Trinajstić information content (AvgIpc) is 3.40. The van der Waals surface area contributed by atoms with E-state index in [9.17, 15) is 29.7 Å². The van der Waals surface area contributed by atoms with Gasteiger partial charge >= 0.3 is 11.9 Å². The molecule has 2 bridgehead atoms. The maximum absolute atomic E-state index is 14.9. The zero-order valence-corrected chi connectivity index (χ0v) is 29.6. The first-order valence-corrected chi connectivity index (χ1v) is 18.0. The van der Waals surface area contributed by atoms with Crippen molar-refractivity contribution in [3.8, 4) is 0 Å². The van der Waals surface area contributed by atoms with Crippen LogP contribution in [0.1, 0.15) is 126 Å². The molecular weight excluding hydrogens is 584 g/mol. The molecule has 0 unspecified atom stereocenters. The molecule has 260 valence electrons. The zero-order valence-electron chi connectivity index (χ0n) is 29.6. The molecule has 4 rings (SSSR count). The van der Waals surface area contributed by atoms with E-state index in [-0.39, 0.29) is 23.2 Å². The molecule has 0 heterocycles. The summed E-state index contributed by atoms with van der Waals surface area (Å²) in [5, 5.41) is 35.0. The van der Waals surface area contributed by atoms with Crippen molar-refractivity contribution in [3.63, 3.8) is 0 Å². The normalized spacial score (nSPS) is 36.5. The zero-order chi connectivity index (χ0) is 34.2. The molecule has 9 atom stereocenters. The molecule has 0 aromatic rings. The minimum absolute atomic E-state index is 0.0176. The quantitative estimate of drug-likeness (QED) is 0.108. The van der Waals surface area contributed by atoms with Crippen molar-refractivity contribution >= 4 is 17.7 Å². The van der Waals surface area contributed by atoms with Gasteiger partial charge in [-0.1, -0.05) is 112 Å². The molecule has 8 heteroatoms. The fraction of sp³-hybridized carbons (Fsp3) is 0.816. The number of carbonyl (C=O) groups excluding carboxylic acids is 3. The molecule has 4 aliphatic carbocycles. The molecule has 0 amide bonds. The van der Waals surface area contributed by atoms with Crippen molar-refractivity contribution < 1.29 is 39.2 Å². The van der Waals surface area contributed by atoms with Crippen molar-refractivity contribution in [2.24, 2.45) is 40.4 Å². The van der Waals surface area contributed by atoms with Crippen LogP contribution in [-0.4, -0.2) is 63.1 Å². The number of hydrogen-bond acceptors (Lipinski definition) is 8. The molecule has 2 saturated carbocycles. The third-order valence-corrected chi connectivity index (χ3v) is 12.4. The SMILES string of the molecule is CCCCCCCCCCCC(=O)O[C@@]12C[C@@H](C)[C@]34C=C(C)[C@H](OC(=O)[C@@H](C)C(C)C)[C@@]3(O)[C@H](O)C(CO)=C[C@@H](C4=O)[C@@H]1C2(C)C. The Hall–Kier alpha value is -2.03. The summed E-state index contributed by atoms with van der Waals surface area (Å²) in [6, 6.07) is 0. The van der Waals surface area contributed by atoms with Crippen LogP contribution in [0.15, 0.2) is 23.3 Å².